The SMILES string of the molecule is O=C(Cc1ccc(Br)cc1)Nc1ccc2c(c1)C(=O)c1ccccc1C2=O. The van der Waals surface area contributed by atoms with Crippen LogP contribution in [0.3, 0.4) is 0 Å². The number of amides is 1. The maximum Gasteiger partial charge on any atom is 0.228 e. The van der Waals surface area contributed by atoms with Crippen LogP contribution in [0.1, 0.15) is 37.4 Å². The number of carbonyl (C=O) groups excluding carboxylic acids is 3. The van der Waals surface area contributed by atoms with Crippen LogP contribution in [0.15, 0.2) is 71.2 Å². The molecule has 0 heterocycles. The van der Waals surface area contributed by atoms with Gasteiger partial charge in [-0.05, 0) is 35.9 Å². The molecular weight excluding hydrogens is 406 g/mol. The number of fused-ring (bicyclic) bond motifs is 2. The predicted molar refractivity (Wildman–Crippen MR) is 106 cm³/mol. The number of anilines is 1. The number of hydrogen-bond acceptors (Lipinski definition) is 3. The lowest BCUT2D eigenvalue weighted by molar-refractivity contribution is -0.115. The zero-order valence-electron chi connectivity index (χ0n) is 14.2. The Labute approximate surface area is 164 Å². The number of rotatable bonds is 3. The average Bonchev–Trinajstić information content (AvgIpc) is 2.68. The Hall–Kier alpha value is -3.05. The van der Waals surface area contributed by atoms with Crippen LogP contribution >= 0.6 is 15.9 Å². The summed E-state index contributed by atoms with van der Waals surface area (Å²) < 4.78 is 0.949. The highest BCUT2D eigenvalue weighted by molar-refractivity contribution is 9.10. The van der Waals surface area contributed by atoms with Crippen LogP contribution in [0.4, 0.5) is 5.69 Å². The first-order valence-electron chi connectivity index (χ1n) is 8.40. The third-order valence-electron chi connectivity index (χ3n) is 4.49. The Balaban J connectivity index is 1.58. The van der Waals surface area contributed by atoms with E-state index in [1.165, 1.54) is 0 Å². The first-order valence-corrected chi connectivity index (χ1v) is 9.19. The summed E-state index contributed by atoms with van der Waals surface area (Å²) in [6, 6.07) is 19.1. The van der Waals surface area contributed by atoms with E-state index < -0.39 is 0 Å². The highest BCUT2D eigenvalue weighted by atomic mass is 79.9. The van der Waals surface area contributed by atoms with Gasteiger partial charge in [-0.1, -0.05) is 52.3 Å². The van der Waals surface area contributed by atoms with Crippen LogP contribution in [-0.4, -0.2) is 17.5 Å². The van der Waals surface area contributed by atoms with Crippen molar-refractivity contribution in [2.45, 2.75) is 6.42 Å². The Morgan fingerprint density at radius 1 is 0.778 bits per heavy atom. The molecule has 3 aromatic rings. The van der Waals surface area contributed by atoms with Gasteiger partial charge in [0.25, 0.3) is 0 Å². The van der Waals surface area contributed by atoms with Crippen LogP contribution in [0, 0.1) is 0 Å². The first-order chi connectivity index (χ1) is 13.0. The normalized spacial score (nSPS) is 12.3. The topological polar surface area (TPSA) is 63.2 Å². The molecule has 27 heavy (non-hydrogen) atoms. The molecule has 3 aromatic carbocycles. The van der Waals surface area contributed by atoms with Gasteiger partial charge in [-0.15, -0.1) is 0 Å². The summed E-state index contributed by atoms with van der Waals surface area (Å²) in [5.41, 5.74) is 2.88. The lowest BCUT2D eigenvalue weighted by Gasteiger charge is -2.18. The maximum absolute atomic E-state index is 12.7. The van der Waals surface area contributed by atoms with Crippen molar-refractivity contribution in [3.8, 4) is 0 Å². The van der Waals surface area contributed by atoms with Crippen molar-refractivity contribution in [2.75, 3.05) is 5.32 Å². The Bertz CT molecular complexity index is 1090. The van der Waals surface area contributed by atoms with Crippen LogP contribution in [0.5, 0.6) is 0 Å². The number of benzene rings is 3. The van der Waals surface area contributed by atoms with E-state index in [1.54, 1.807) is 42.5 Å². The van der Waals surface area contributed by atoms with Crippen molar-refractivity contribution in [3.05, 3.63) is 99.0 Å². The van der Waals surface area contributed by atoms with Crippen molar-refractivity contribution in [3.63, 3.8) is 0 Å². The maximum atomic E-state index is 12.7. The Kier molecular flexibility index (Phi) is 4.46. The molecule has 0 saturated heterocycles. The number of hydrogen-bond donors (Lipinski definition) is 1. The minimum absolute atomic E-state index is 0.173. The minimum Gasteiger partial charge on any atom is -0.326 e. The van der Waals surface area contributed by atoms with Gasteiger partial charge in [-0.25, -0.2) is 0 Å². The van der Waals surface area contributed by atoms with Crippen molar-refractivity contribution in [1.82, 2.24) is 0 Å². The quantitative estimate of drug-likeness (QED) is 0.534. The number of carbonyl (C=O) groups is 3. The minimum atomic E-state index is -0.204. The second-order valence-corrected chi connectivity index (χ2v) is 7.23. The molecule has 0 fully saturated rings. The molecule has 5 heteroatoms. The van der Waals surface area contributed by atoms with Gasteiger partial charge in [-0.3, -0.25) is 14.4 Å². The average molecular weight is 420 g/mol. The van der Waals surface area contributed by atoms with Crippen LogP contribution in [0.25, 0.3) is 0 Å². The second-order valence-electron chi connectivity index (χ2n) is 6.32. The summed E-state index contributed by atoms with van der Waals surface area (Å²) in [5, 5.41) is 2.80. The number of halogens is 1. The fourth-order valence-corrected chi connectivity index (χ4v) is 3.43. The van der Waals surface area contributed by atoms with Gasteiger partial charge < -0.3 is 5.32 Å². The van der Waals surface area contributed by atoms with Crippen LogP contribution < -0.4 is 5.32 Å². The molecular formula is C22H14BrNO3. The van der Waals surface area contributed by atoms with E-state index in [0.717, 1.165) is 10.0 Å². The van der Waals surface area contributed by atoms with Gasteiger partial charge >= 0.3 is 0 Å². The van der Waals surface area contributed by atoms with Gasteiger partial charge in [0.05, 0.1) is 6.42 Å². The van der Waals surface area contributed by atoms with Gasteiger partial charge in [0.2, 0.25) is 5.91 Å². The summed E-state index contributed by atoms with van der Waals surface area (Å²) in [6.45, 7) is 0. The van der Waals surface area contributed by atoms with E-state index in [2.05, 4.69) is 21.2 Å². The van der Waals surface area contributed by atoms with E-state index in [4.69, 9.17) is 0 Å². The summed E-state index contributed by atoms with van der Waals surface area (Å²) >= 11 is 3.36. The van der Waals surface area contributed by atoms with Crippen LogP contribution in [0.2, 0.25) is 0 Å². The van der Waals surface area contributed by atoms with Crippen molar-refractivity contribution in [2.24, 2.45) is 0 Å². The molecule has 0 radical (unpaired) electrons. The van der Waals surface area contributed by atoms with E-state index in [0.29, 0.717) is 27.9 Å². The summed E-state index contributed by atoms with van der Waals surface area (Å²) in [7, 11) is 0. The van der Waals surface area contributed by atoms with Crippen LogP contribution in [-0.2, 0) is 11.2 Å². The van der Waals surface area contributed by atoms with Crippen molar-refractivity contribution >= 4 is 39.1 Å². The molecule has 0 aromatic heterocycles. The van der Waals surface area contributed by atoms with E-state index in [1.807, 2.05) is 24.3 Å². The lowest BCUT2D eigenvalue weighted by Crippen LogP contribution is -2.21. The van der Waals surface area contributed by atoms with Crippen molar-refractivity contribution < 1.29 is 14.4 Å². The second kappa shape index (κ2) is 6.93. The Morgan fingerprint density at radius 2 is 1.37 bits per heavy atom. The van der Waals surface area contributed by atoms with Gasteiger partial charge in [0, 0.05) is 32.4 Å². The molecule has 132 valence electrons. The fraction of sp³-hybridized carbons (Fsp3) is 0.0455. The van der Waals surface area contributed by atoms with E-state index in [-0.39, 0.29) is 23.9 Å². The zero-order chi connectivity index (χ0) is 19.0. The lowest BCUT2D eigenvalue weighted by atomic mass is 9.84. The molecule has 4 nitrogen and oxygen atoms in total. The molecule has 1 amide bonds. The molecule has 0 saturated carbocycles. The van der Waals surface area contributed by atoms with Gasteiger partial charge in [-0.2, -0.15) is 0 Å². The number of ketones is 2. The third-order valence-corrected chi connectivity index (χ3v) is 5.02. The predicted octanol–water partition coefficient (Wildman–Crippen LogP) is 4.41. The molecule has 0 unspecified atom stereocenters. The molecule has 4 rings (SSSR count). The summed E-state index contributed by atoms with van der Waals surface area (Å²) in [4.78, 5) is 37.7. The first kappa shape index (κ1) is 17.4. The number of nitrogens with one attached hydrogen (secondary N) is 1. The molecule has 0 bridgehead atoms. The zero-order valence-corrected chi connectivity index (χ0v) is 15.7. The molecule has 0 atom stereocenters. The van der Waals surface area contributed by atoms with E-state index >= 15 is 0 Å². The van der Waals surface area contributed by atoms with Gasteiger partial charge in [0.15, 0.2) is 11.6 Å². The standard InChI is InChI=1S/C22H14BrNO3/c23-14-7-5-13(6-8-14)11-20(25)24-15-9-10-18-19(12-15)22(27)17-4-2-1-3-16(17)21(18)26/h1-10,12H,11H2,(H,24,25). The molecule has 1 N–H and O–H groups in total. The highest BCUT2D eigenvalue weighted by Crippen LogP contribution is 2.29. The Morgan fingerprint density at radius 3 is 2.04 bits per heavy atom. The molecule has 1 aliphatic carbocycles. The smallest absolute Gasteiger partial charge is 0.228 e. The van der Waals surface area contributed by atoms with Gasteiger partial charge in [0.1, 0.15) is 0 Å². The highest BCUT2D eigenvalue weighted by Gasteiger charge is 2.29. The molecule has 0 spiro atoms. The summed E-state index contributed by atoms with van der Waals surface area (Å²) in [6.07, 6.45) is 0.222. The fourth-order valence-electron chi connectivity index (χ4n) is 3.17. The molecule has 1 aliphatic rings. The largest absolute Gasteiger partial charge is 0.326 e. The van der Waals surface area contributed by atoms with E-state index in [9.17, 15) is 14.4 Å². The third kappa shape index (κ3) is 3.34. The summed E-state index contributed by atoms with van der Waals surface area (Å²) in [5.74, 6) is -0.565. The molecule has 0 aliphatic heterocycles. The monoisotopic (exact) mass is 419 g/mol. The van der Waals surface area contributed by atoms with Crippen molar-refractivity contribution in [1.29, 1.82) is 0 Å².